The van der Waals surface area contributed by atoms with Gasteiger partial charge in [-0.3, -0.25) is 0 Å². The van der Waals surface area contributed by atoms with Gasteiger partial charge in [0.2, 0.25) is 17.8 Å². The fraction of sp³-hybridized carbons (Fsp3) is 0.471. The van der Waals surface area contributed by atoms with Gasteiger partial charge in [-0.2, -0.15) is 0 Å². The Morgan fingerprint density at radius 2 is 1.06 bits per heavy atom. The molecule has 0 aromatic heterocycles. The molecular weight excluding hydrogens is 712 g/mol. The highest BCUT2D eigenvalue weighted by atomic mass is 16.7. The number of hydrogen-bond donors (Lipinski definition) is 8. The lowest BCUT2D eigenvalue weighted by Gasteiger charge is -2.43. The van der Waals surface area contributed by atoms with E-state index >= 15 is 0 Å². The van der Waals surface area contributed by atoms with Crippen molar-refractivity contribution in [1.82, 2.24) is 0 Å². The standard InChI is InChI=1S/C34H42O19/c1-45-17-9-15(10-18(46-2)25(17)38)5-7-23(36)52-32-30(43)28(41)22(14-49-33-31(44)29(42)27(40)21(13-35)50-33)51-34(32)53-24(37)8-6-16-11-19(47-3)26(39)20(12-16)48-4/h5-12,21-22,27-35,38-44H,13-14H2,1-4H3/b7-5-,8-6-/t21-,22+,27-,28+,29+,30-,31-,32+,33-,34+/m0/s1. The zero-order valence-corrected chi connectivity index (χ0v) is 28.9. The third-order valence-corrected chi connectivity index (χ3v) is 8.23. The molecule has 0 radical (unpaired) electrons. The lowest BCUT2D eigenvalue weighted by Crippen LogP contribution is -2.62. The molecule has 2 saturated heterocycles. The molecule has 0 amide bonds. The monoisotopic (exact) mass is 754 g/mol. The van der Waals surface area contributed by atoms with Crippen molar-refractivity contribution in [2.75, 3.05) is 41.7 Å². The van der Waals surface area contributed by atoms with Crippen LogP contribution >= 0.6 is 0 Å². The summed E-state index contributed by atoms with van der Waals surface area (Å²) in [6.45, 7) is -1.42. The molecule has 2 aromatic carbocycles. The second-order valence-electron chi connectivity index (χ2n) is 11.6. The number of rotatable bonds is 14. The van der Waals surface area contributed by atoms with Crippen LogP contribution in [0.25, 0.3) is 12.2 Å². The quantitative estimate of drug-likeness (QED) is 0.0811. The number of phenols is 2. The molecular formula is C34H42O19. The first-order chi connectivity index (χ1) is 25.3. The van der Waals surface area contributed by atoms with Gasteiger partial charge in [0.05, 0.1) is 41.7 Å². The maximum Gasteiger partial charge on any atom is 0.333 e. The van der Waals surface area contributed by atoms with Gasteiger partial charge in [0.15, 0.2) is 35.4 Å². The largest absolute Gasteiger partial charge is 0.502 e. The van der Waals surface area contributed by atoms with E-state index in [-0.39, 0.29) is 34.5 Å². The van der Waals surface area contributed by atoms with E-state index in [4.69, 9.17) is 42.6 Å². The first-order valence-electron chi connectivity index (χ1n) is 15.9. The number of esters is 2. The average molecular weight is 755 g/mol. The number of aromatic hydroxyl groups is 2. The van der Waals surface area contributed by atoms with E-state index in [1.807, 2.05) is 0 Å². The molecule has 53 heavy (non-hydrogen) atoms. The van der Waals surface area contributed by atoms with Gasteiger partial charge in [-0.1, -0.05) is 0 Å². The van der Waals surface area contributed by atoms with Gasteiger partial charge in [0.25, 0.3) is 0 Å². The fourth-order valence-corrected chi connectivity index (χ4v) is 5.33. The van der Waals surface area contributed by atoms with Crippen LogP contribution in [-0.2, 0) is 33.3 Å². The second-order valence-corrected chi connectivity index (χ2v) is 11.6. The molecule has 8 N–H and O–H groups in total. The molecule has 10 atom stereocenters. The van der Waals surface area contributed by atoms with Gasteiger partial charge >= 0.3 is 11.9 Å². The van der Waals surface area contributed by atoms with Crippen LogP contribution in [0, 0.1) is 0 Å². The summed E-state index contributed by atoms with van der Waals surface area (Å²) >= 11 is 0. The van der Waals surface area contributed by atoms with Crippen molar-refractivity contribution in [1.29, 1.82) is 0 Å². The molecule has 4 rings (SSSR count). The van der Waals surface area contributed by atoms with Crippen molar-refractivity contribution in [2.24, 2.45) is 0 Å². The fourth-order valence-electron chi connectivity index (χ4n) is 5.33. The molecule has 0 aliphatic carbocycles. The van der Waals surface area contributed by atoms with Crippen LogP contribution in [0.4, 0.5) is 0 Å². The summed E-state index contributed by atoms with van der Waals surface area (Å²) in [4.78, 5) is 26.0. The van der Waals surface area contributed by atoms with Crippen molar-refractivity contribution in [3.63, 3.8) is 0 Å². The van der Waals surface area contributed by atoms with Gasteiger partial charge < -0.3 is 83.5 Å². The number of aliphatic hydroxyl groups excluding tert-OH is 6. The Kier molecular flexibility index (Phi) is 14.2. The van der Waals surface area contributed by atoms with Crippen molar-refractivity contribution < 1.29 is 93.1 Å². The highest BCUT2D eigenvalue weighted by molar-refractivity contribution is 5.88. The molecule has 19 nitrogen and oxygen atoms in total. The number of phenolic OH excluding ortho intramolecular Hbond substituents is 2. The Bertz CT molecular complexity index is 1570. The summed E-state index contributed by atoms with van der Waals surface area (Å²) < 4.78 is 47.7. The van der Waals surface area contributed by atoms with E-state index in [2.05, 4.69) is 0 Å². The number of benzene rings is 2. The van der Waals surface area contributed by atoms with E-state index < -0.39 is 86.6 Å². The number of hydrogen-bond acceptors (Lipinski definition) is 19. The van der Waals surface area contributed by atoms with E-state index in [1.54, 1.807) is 0 Å². The normalized spacial score (nSPS) is 28.8. The van der Waals surface area contributed by atoms with Gasteiger partial charge in [-0.05, 0) is 47.5 Å². The number of methoxy groups -OCH3 is 4. The van der Waals surface area contributed by atoms with Crippen LogP contribution in [-0.4, -0.2) is 156 Å². The lowest BCUT2D eigenvalue weighted by atomic mass is 9.98. The lowest BCUT2D eigenvalue weighted by molar-refractivity contribution is -0.327. The van der Waals surface area contributed by atoms with E-state index in [9.17, 15) is 50.4 Å². The first kappa shape index (κ1) is 41.1. The molecule has 0 spiro atoms. The summed E-state index contributed by atoms with van der Waals surface area (Å²) in [6, 6.07) is 5.56. The molecule has 19 heteroatoms. The molecule has 0 bridgehead atoms. The Balaban J connectivity index is 1.55. The minimum Gasteiger partial charge on any atom is -0.502 e. The zero-order chi connectivity index (χ0) is 39.0. The Hall–Kier alpha value is -4.70. The zero-order valence-electron chi connectivity index (χ0n) is 28.9. The first-order valence-corrected chi connectivity index (χ1v) is 15.9. The Morgan fingerprint density at radius 1 is 0.623 bits per heavy atom. The van der Waals surface area contributed by atoms with Crippen LogP contribution < -0.4 is 18.9 Å². The minimum atomic E-state index is -1.97. The van der Waals surface area contributed by atoms with E-state index in [0.29, 0.717) is 11.1 Å². The molecule has 2 aliphatic heterocycles. The smallest absolute Gasteiger partial charge is 0.333 e. The molecule has 2 aromatic rings. The van der Waals surface area contributed by atoms with Gasteiger partial charge in [-0.25, -0.2) is 9.59 Å². The predicted octanol–water partition coefficient (Wildman–Crippen LogP) is -1.42. The maximum absolute atomic E-state index is 13.0. The summed E-state index contributed by atoms with van der Waals surface area (Å²) in [6.07, 6.45) is -12.9. The third kappa shape index (κ3) is 9.65. The van der Waals surface area contributed by atoms with Crippen LogP contribution in [0.15, 0.2) is 36.4 Å². The van der Waals surface area contributed by atoms with Crippen molar-refractivity contribution >= 4 is 24.1 Å². The summed E-state index contributed by atoms with van der Waals surface area (Å²) in [5.41, 5.74) is 0.657. The third-order valence-electron chi connectivity index (χ3n) is 8.23. The van der Waals surface area contributed by atoms with Gasteiger partial charge in [0.1, 0.15) is 42.7 Å². The second kappa shape index (κ2) is 18.4. The molecule has 292 valence electrons. The van der Waals surface area contributed by atoms with E-state index in [1.165, 1.54) is 64.9 Å². The topological polar surface area (TPSA) is 279 Å². The van der Waals surface area contributed by atoms with Crippen molar-refractivity contribution in [3.05, 3.63) is 47.5 Å². The molecule has 2 fully saturated rings. The van der Waals surface area contributed by atoms with Gasteiger partial charge in [0, 0.05) is 12.2 Å². The number of ether oxygens (including phenoxy) is 9. The molecule has 0 saturated carbocycles. The van der Waals surface area contributed by atoms with Crippen molar-refractivity contribution in [2.45, 2.75) is 61.4 Å². The predicted molar refractivity (Wildman–Crippen MR) is 177 cm³/mol. The van der Waals surface area contributed by atoms with E-state index in [0.717, 1.165) is 12.2 Å². The van der Waals surface area contributed by atoms with Crippen LogP contribution in [0.1, 0.15) is 11.1 Å². The SMILES string of the molecule is COc1cc(/C=C\C(=O)O[C@H]2O[C@H](CO[C@H]3O[C@@H](CO)[C@H](O)[C@@H](O)[C@@H]3O)[C@@H](O)[C@H](O)[C@H]2OC(=O)/C=C\c2cc(OC)c(O)c(OC)c2)cc(OC)c1O. The van der Waals surface area contributed by atoms with Crippen LogP contribution in [0.2, 0.25) is 0 Å². The molecule has 0 unspecified atom stereocenters. The van der Waals surface area contributed by atoms with Crippen molar-refractivity contribution in [3.8, 4) is 34.5 Å². The van der Waals surface area contributed by atoms with Crippen LogP contribution in [0.3, 0.4) is 0 Å². The molecule has 2 heterocycles. The highest BCUT2D eigenvalue weighted by Crippen LogP contribution is 2.38. The Morgan fingerprint density at radius 3 is 1.51 bits per heavy atom. The summed E-state index contributed by atoms with van der Waals surface area (Å²) in [7, 11) is 5.23. The average Bonchev–Trinajstić information content (AvgIpc) is 3.15. The summed E-state index contributed by atoms with van der Waals surface area (Å²) in [5, 5.41) is 82.3. The Labute approximate surface area is 302 Å². The number of carbonyl (C=O) groups excluding carboxylic acids is 2. The maximum atomic E-state index is 13.0. The summed E-state index contributed by atoms with van der Waals surface area (Å²) in [5.74, 6) is -2.58. The van der Waals surface area contributed by atoms with Gasteiger partial charge in [-0.15, -0.1) is 0 Å². The molecule has 2 aliphatic rings. The number of carbonyl (C=O) groups is 2. The van der Waals surface area contributed by atoms with Crippen LogP contribution in [0.5, 0.6) is 34.5 Å². The number of aliphatic hydroxyl groups is 6. The minimum absolute atomic E-state index is 0.0385. The highest BCUT2D eigenvalue weighted by Gasteiger charge is 2.50.